The highest BCUT2D eigenvalue weighted by atomic mass is 32.1. The van der Waals surface area contributed by atoms with Gasteiger partial charge in [0.2, 0.25) is 5.91 Å². The SMILES string of the molecule is O=C(CC1(CS)CC1)NCC1Cc2ccccc21. The molecule has 0 bridgehead atoms. The van der Waals surface area contributed by atoms with Crippen LogP contribution < -0.4 is 5.32 Å². The van der Waals surface area contributed by atoms with E-state index in [-0.39, 0.29) is 11.3 Å². The number of nitrogens with one attached hydrogen (secondary N) is 1. The van der Waals surface area contributed by atoms with E-state index in [1.807, 2.05) is 0 Å². The molecule has 1 unspecified atom stereocenters. The van der Waals surface area contributed by atoms with Crippen LogP contribution in [0.3, 0.4) is 0 Å². The number of hydrogen-bond acceptors (Lipinski definition) is 2. The summed E-state index contributed by atoms with van der Waals surface area (Å²) >= 11 is 4.33. The molecular weight excluding hydrogens is 242 g/mol. The summed E-state index contributed by atoms with van der Waals surface area (Å²) < 4.78 is 0. The van der Waals surface area contributed by atoms with Crippen molar-refractivity contribution >= 4 is 18.5 Å². The zero-order chi connectivity index (χ0) is 12.6. The largest absolute Gasteiger partial charge is 0.355 e. The number of amides is 1. The molecule has 1 N–H and O–H groups in total. The van der Waals surface area contributed by atoms with Crippen LogP contribution >= 0.6 is 12.6 Å². The number of carbonyl (C=O) groups is 1. The van der Waals surface area contributed by atoms with E-state index in [4.69, 9.17) is 0 Å². The Morgan fingerprint density at radius 1 is 1.39 bits per heavy atom. The van der Waals surface area contributed by atoms with Gasteiger partial charge in [0.15, 0.2) is 0 Å². The highest BCUT2D eigenvalue weighted by Gasteiger charge is 2.42. The minimum atomic E-state index is 0.200. The van der Waals surface area contributed by atoms with Gasteiger partial charge >= 0.3 is 0 Å². The zero-order valence-electron chi connectivity index (χ0n) is 10.5. The number of fused-ring (bicyclic) bond motifs is 1. The lowest BCUT2D eigenvalue weighted by Gasteiger charge is -2.30. The average molecular weight is 261 g/mol. The van der Waals surface area contributed by atoms with Gasteiger partial charge in [-0.1, -0.05) is 24.3 Å². The molecule has 0 saturated heterocycles. The quantitative estimate of drug-likeness (QED) is 0.784. The van der Waals surface area contributed by atoms with Crippen molar-refractivity contribution in [2.75, 3.05) is 12.3 Å². The third-order valence-corrected chi connectivity index (χ3v) is 5.01. The Morgan fingerprint density at radius 3 is 2.83 bits per heavy atom. The van der Waals surface area contributed by atoms with E-state index < -0.39 is 0 Å². The van der Waals surface area contributed by atoms with Crippen LogP contribution in [0.15, 0.2) is 24.3 Å². The fraction of sp³-hybridized carbons (Fsp3) is 0.533. The first-order valence-electron chi connectivity index (χ1n) is 6.68. The fourth-order valence-corrected chi connectivity index (χ4v) is 3.18. The Labute approximate surface area is 114 Å². The number of thiol groups is 1. The number of carbonyl (C=O) groups excluding carboxylic acids is 1. The molecule has 0 spiro atoms. The van der Waals surface area contributed by atoms with E-state index in [0.717, 1.165) is 31.6 Å². The Bertz CT molecular complexity index is 467. The van der Waals surface area contributed by atoms with Crippen molar-refractivity contribution in [2.45, 2.75) is 31.6 Å². The molecule has 18 heavy (non-hydrogen) atoms. The summed E-state index contributed by atoms with van der Waals surface area (Å²) in [6.07, 6.45) is 4.09. The second-order valence-electron chi connectivity index (χ2n) is 5.74. The van der Waals surface area contributed by atoms with E-state index in [1.165, 1.54) is 11.1 Å². The molecule has 2 aliphatic carbocycles. The standard InChI is InChI=1S/C15H19NOS/c17-14(8-15(10-18)5-6-15)16-9-12-7-11-3-1-2-4-13(11)12/h1-4,12,18H,5-10H2,(H,16,17). The van der Waals surface area contributed by atoms with Gasteiger partial charge in [0.25, 0.3) is 0 Å². The summed E-state index contributed by atoms with van der Waals surface area (Å²) in [6, 6.07) is 8.50. The van der Waals surface area contributed by atoms with Gasteiger partial charge < -0.3 is 5.32 Å². The molecule has 1 atom stereocenters. The summed E-state index contributed by atoms with van der Waals surface area (Å²) in [6.45, 7) is 0.790. The number of hydrogen-bond donors (Lipinski definition) is 2. The van der Waals surface area contributed by atoms with Crippen LogP contribution in [0.1, 0.15) is 36.3 Å². The first-order valence-corrected chi connectivity index (χ1v) is 7.31. The molecule has 3 rings (SSSR count). The van der Waals surface area contributed by atoms with E-state index in [0.29, 0.717) is 12.3 Å². The highest BCUT2D eigenvalue weighted by Crippen LogP contribution is 2.49. The first kappa shape index (κ1) is 12.1. The van der Waals surface area contributed by atoms with Crippen molar-refractivity contribution in [1.29, 1.82) is 0 Å². The molecule has 1 saturated carbocycles. The molecule has 2 aliphatic rings. The smallest absolute Gasteiger partial charge is 0.220 e. The molecular formula is C15H19NOS. The summed E-state index contributed by atoms with van der Waals surface area (Å²) in [5.74, 6) is 1.56. The average Bonchev–Trinajstić information content (AvgIpc) is 3.11. The van der Waals surface area contributed by atoms with Crippen LogP contribution in [0.25, 0.3) is 0 Å². The third kappa shape index (κ3) is 2.28. The summed E-state index contributed by atoms with van der Waals surface area (Å²) in [7, 11) is 0. The molecule has 1 fully saturated rings. The topological polar surface area (TPSA) is 29.1 Å². The van der Waals surface area contributed by atoms with E-state index in [9.17, 15) is 4.79 Å². The molecule has 3 heteroatoms. The lowest BCUT2D eigenvalue weighted by atomic mass is 9.77. The second kappa shape index (κ2) is 4.61. The van der Waals surface area contributed by atoms with Crippen LogP contribution in [0.5, 0.6) is 0 Å². The molecule has 2 nitrogen and oxygen atoms in total. The van der Waals surface area contributed by atoms with Gasteiger partial charge in [0.05, 0.1) is 0 Å². The van der Waals surface area contributed by atoms with Crippen molar-refractivity contribution in [2.24, 2.45) is 5.41 Å². The van der Waals surface area contributed by atoms with E-state index in [1.54, 1.807) is 0 Å². The maximum atomic E-state index is 11.9. The molecule has 0 radical (unpaired) electrons. The zero-order valence-corrected chi connectivity index (χ0v) is 11.4. The molecule has 1 aromatic carbocycles. The summed E-state index contributed by atoms with van der Waals surface area (Å²) in [4.78, 5) is 11.9. The van der Waals surface area contributed by atoms with Crippen molar-refractivity contribution in [3.63, 3.8) is 0 Å². The minimum Gasteiger partial charge on any atom is -0.355 e. The Morgan fingerprint density at radius 2 is 2.17 bits per heavy atom. The maximum absolute atomic E-state index is 11.9. The van der Waals surface area contributed by atoms with Gasteiger partial charge in [0, 0.05) is 18.9 Å². The van der Waals surface area contributed by atoms with Crippen molar-refractivity contribution in [3.8, 4) is 0 Å². The van der Waals surface area contributed by atoms with Crippen LogP contribution in [-0.4, -0.2) is 18.2 Å². The van der Waals surface area contributed by atoms with Gasteiger partial charge in [-0.15, -0.1) is 0 Å². The van der Waals surface area contributed by atoms with E-state index >= 15 is 0 Å². The monoisotopic (exact) mass is 261 g/mol. The lowest BCUT2D eigenvalue weighted by Crippen LogP contribution is -2.34. The predicted molar refractivity (Wildman–Crippen MR) is 76.0 cm³/mol. The van der Waals surface area contributed by atoms with Gasteiger partial charge in [-0.05, 0) is 41.6 Å². The van der Waals surface area contributed by atoms with Crippen molar-refractivity contribution in [1.82, 2.24) is 5.32 Å². The van der Waals surface area contributed by atoms with E-state index in [2.05, 4.69) is 42.2 Å². The molecule has 96 valence electrons. The number of benzene rings is 1. The Kier molecular flexibility index (Phi) is 3.10. The molecule has 0 aromatic heterocycles. The number of rotatable bonds is 5. The Balaban J connectivity index is 1.47. The second-order valence-corrected chi connectivity index (χ2v) is 6.06. The molecule has 0 heterocycles. The molecule has 1 amide bonds. The van der Waals surface area contributed by atoms with Gasteiger partial charge in [-0.3, -0.25) is 4.79 Å². The normalized spacial score (nSPS) is 22.8. The minimum absolute atomic E-state index is 0.200. The van der Waals surface area contributed by atoms with Gasteiger partial charge in [0.1, 0.15) is 0 Å². The summed E-state index contributed by atoms with van der Waals surface area (Å²) in [5, 5.41) is 3.08. The lowest BCUT2D eigenvalue weighted by molar-refractivity contribution is -0.122. The first-order chi connectivity index (χ1) is 8.72. The Hall–Kier alpha value is -0.960. The summed E-state index contributed by atoms with van der Waals surface area (Å²) in [5.41, 5.74) is 3.07. The highest BCUT2D eigenvalue weighted by molar-refractivity contribution is 7.80. The van der Waals surface area contributed by atoms with Crippen LogP contribution in [0.2, 0.25) is 0 Å². The predicted octanol–water partition coefficient (Wildman–Crippen LogP) is 2.54. The fourth-order valence-electron chi connectivity index (χ4n) is 2.75. The van der Waals surface area contributed by atoms with Crippen LogP contribution in [-0.2, 0) is 11.2 Å². The van der Waals surface area contributed by atoms with Gasteiger partial charge in [-0.25, -0.2) is 0 Å². The van der Waals surface area contributed by atoms with Crippen LogP contribution in [0, 0.1) is 5.41 Å². The third-order valence-electron chi connectivity index (χ3n) is 4.33. The van der Waals surface area contributed by atoms with Crippen molar-refractivity contribution < 1.29 is 4.79 Å². The molecule has 0 aliphatic heterocycles. The molecule has 1 aromatic rings. The van der Waals surface area contributed by atoms with Crippen molar-refractivity contribution in [3.05, 3.63) is 35.4 Å². The van der Waals surface area contributed by atoms with Gasteiger partial charge in [-0.2, -0.15) is 12.6 Å². The van der Waals surface area contributed by atoms with Crippen LogP contribution in [0.4, 0.5) is 0 Å². The maximum Gasteiger partial charge on any atom is 0.220 e.